The number of nitrogens with two attached hydrogens (primary N) is 1. The molecule has 0 spiro atoms. The molecular weight excluding hydrogens is 258 g/mol. The van der Waals surface area contributed by atoms with Crippen LogP contribution in [0.1, 0.15) is 48.9 Å². The Morgan fingerprint density at radius 1 is 1.53 bits per heavy atom. The van der Waals surface area contributed by atoms with Crippen LogP contribution in [0.5, 0.6) is 0 Å². The van der Waals surface area contributed by atoms with Crippen LogP contribution in [0, 0.1) is 5.92 Å². The van der Waals surface area contributed by atoms with Crippen LogP contribution in [0.15, 0.2) is 6.20 Å². The molecule has 1 saturated carbocycles. The number of hydrogen-bond donors (Lipinski definition) is 2. The molecule has 19 heavy (non-hydrogen) atoms. The highest BCUT2D eigenvalue weighted by atomic mass is 32.1. The molecule has 2 unspecified atom stereocenters. The molecule has 1 aliphatic rings. The van der Waals surface area contributed by atoms with E-state index in [-0.39, 0.29) is 11.9 Å². The van der Waals surface area contributed by atoms with Crippen molar-refractivity contribution in [3.8, 4) is 0 Å². The Balaban J connectivity index is 1.74. The van der Waals surface area contributed by atoms with E-state index in [4.69, 9.17) is 5.73 Å². The lowest BCUT2D eigenvalue weighted by atomic mass is 9.83. The molecule has 1 fully saturated rings. The third-order valence-corrected chi connectivity index (χ3v) is 4.94. The number of aryl methyl sites for hydroxylation is 1. The summed E-state index contributed by atoms with van der Waals surface area (Å²) in [6, 6.07) is 0.200. The maximum absolute atomic E-state index is 11.9. The van der Waals surface area contributed by atoms with Gasteiger partial charge in [0.05, 0.1) is 6.54 Å². The second-order valence-corrected chi connectivity index (χ2v) is 6.46. The fourth-order valence-corrected chi connectivity index (χ4v) is 3.37. The van der Waals surface area contributed by atoms with Crippen molar-refractivity contribution >= 4 is 17.2 Å². The number of hydrogen-bond acceptors (Lipinski definition) is 4. The average molecular weight is 281 g/mol. The van der Waals surface area contributed by atoms with Gasteiger partial charge in [0.25, 0.3) is 0 Å². The number of carbonyl (C=O) groups is 1. The molecule has 0 radical (unpaired) electrons. The van der Waals surface area contributed by atoms with Crippen LogP contribution >= 0.6 is 11.3 Å². The predicted molar refractivity (Wildman–Crippen MR) is 77.9 cm³/mol. The first-order valence-electron chi connectivity index (χ1n) is 7.15. The Labute approximate surface area is 118 Å². The molecule has 5 heteroatoms. The van der Waals surface area contributed by atoms with Crippen LogP contribution in [-0.2, 0) is 17.8 Å². The smallest absolute Gasteiger partial charge is 0.220 e. The minimum Gasteiger partial charge on any atom is -0.350 e. The highest BCUT2D eigenvalue weighted by Crippen LogP contribution is 2.25. The number of thiazole rings is 1. The zero-order valence-corrected chi connectivity index (χ0v) is 12.3. The molecule has 106 valence electrons. The van der Waals surface area contributed by atoms with Crippen molar-refractivity contribution in [2.75, 3.05) is 0 Å². The molecule has 2 rings (SSSR count). The van der Waals surface area contributed by atoms with Crippen LogP contribution in [0.4, 0.5) is 0 Å². The lowest BCUT2D eigenvalue weighted by molar-refractivity contribution is -0.122. The predicted octanol–water partition coefficient (Wildman–Crippen LogP) is 2.23. The highest BCUT2D eigenvalue weighted by Gasteiger charge is 2.23. The zero-order chi connectivity index (χ0) is 13.7. The summed E-state index contributed by atoms with van der Waals surface area (Å²) >= 11 is 1.67. The number of amides is 1. The summed E-state index contributed by atoms with van der Waals surface area (Å²) < 4.78 is 0. The van der Waals surface area contributed by atoms with Crippen LogP contribution in [0.2, 0.25) is 0 Å². The van der Waals surface area contributed by atoms with E-state index in [0.29, 0.717) is 18.9 Å². The summed E-state index contributed by atoms with van der Waals surface area (Å²) in [7, 11) is 0. The van der Waals surface area contributed by atoms with Gasteiger partial charge in [-0.3, -0.25) is 4.79 Å². The standard InChI is InChI=1S/C14H23N3OS/c1-2-11-8-17-14(19-11)9-16-13(18)7-10-5-3-4-6-12(10)15/h8,10,12H,2-7,9,15H2,1H3,(H,16,18). The summed E-state index contributed by atoms with van der Waals surface area (Å²) in [6.45, 7) is 2.66. The normalized spacial score (nSPS) is 23.3. The van der Waals surface area contributed by atoms with E-state index >= 15 is 0 Å². The maximum Gasteiger partial charge on any atom is 0.220 e. The van der Waals surface area contributed by atoms with E-state index in [1.165, 1.54) is 17.7 Å². The molecule has 1 amide bonds. The van der Waals surface area contributed by atoms with Crippen molar-refractivity contribution in [3.05, 3.63) is 16.1 Å². The quantitative estimate of drug-likeness (QED) is 0.869. The summed E-state index contributed by atoms with van der Waals surface area (Å²) in [5.74, 6) is 0.465. The first-order chi connectivity index (χ1) is 9.19. The van der Waals surface area contributed by atoms with E-state index < -0.39 is 0 Å². The summed E-state index contributed by atoms with van der Waals surface area (Å²) in [4.78, 5) is 17.5. The molecule has 1 aliphatic carbocycles. The van der Waals surface area contributed by atoms with Gasteiger partial charge in [0, 0.05) is 23.5 Å². The van der Waals surface area contributed by atoms with Gasteiger partial charge in [-0.05, 0) is 25.2 Å². The first-order valence-corrected chi connectivity index (χ1v) is 7.96. The van der Waals surface area contributed by atoms with Gasteiger partial charge < -0.3 is 11.1 Å². The van der Waals surface area contributed by atoms with Crippen molar-refractivity contribution in [1.29, 1.82) is 0 Å². The molecule has 0 aliphatic heterocycles. The van der Waals surface area contributed by atoms with Gasteiger partial charge in [0.1, 0.15) is 5.01 Å². The second-order valence-electron chi connectivity index (χ2n) is 5.26. The van der Waals surface area contributed by atoms with E-state index in [0.717, 1.165) is 24.3 Å². The monoisotopic (exact) mass is 281 g/mol. The molecule has 0 aromatic carbocycles. The van der Waals surface area contributed by atoms with Gasteiger partial charge >= 0.3 is 0 Å². The molecule has 1 aromatic heterocycles. The number of aromatic nitrogens is 1. The van der Waals surface area contributed by atoms with Gasteiger partial charge in [0.15, 0.2) is 0 Å². The van der Waals surface area contributed by atoms with Crippen LogP contribution in [-0.4, -0.2) is 16.9 Å². The minimum absolute atomic E-state index is 0.107. The van der Waals surface area contributed by atoms with E-state index in [1.807, 2.05) is 6.20 Å². The van der Waals surface area contributed by atoms with Gasteiger partial charge in [-0.2, -0.15) is 0 Å². The van der Waals surface area contributed by atoms with E-state index in [2.05, 4.69) is 17.2 Å². The zero-order valence-electron chi connectivity index (χ0n) is 11.5. The largest absolute Gasteiger partial charge is 0.350 e. The van der Waals surface area contributed by atoms with Crippen LogP contribution in [0.25, 0.3) is 0 Å². The minimum atomic E-state index is 0.107. The molecule has 4 nitrogen and oxygen atoms in total. The molecule has 2 atom stereocenters. The molecular formula is C14H23N3OS. The lowest BCUT2D eigenvalue weighted by Crippen LogP contribution is -2.36. The van der Waals surface area contributed by atoms with E-state index in [9.17, 15) is 4.79 Å². The summed E-state index contributed by atoms with van der Waals surface area (Å²) in [6.07, 6.45) is 8.02. The Morgan fingerprint density at radius 2 is 2.32 bits per heavy atom. The highest BCUT2D eigenvalue weighted by molar-refractivity contribution is 7.11. The summed E-state index contributed by atoms with van der Waals surface area (Å²) in [5, 5.41) is 3.94. The Bertz CT molecular complexity index is 419. The van der Waals surface area contributed by atoms with E-state index in [1.54, 1.807) is 11.3 Å². The molecule has 1 heterocycles. The third kappa shape index (κ3) is 4.28. The number of nitrogens with zero attached hydrogens (tertiary/aromatic N) is 1. The number of rotatable bonds is 5. The van der Waals surface area contributed by atoms with Crippen molar-refractivity contribution in [3.63, 3.8) is 0 Å². The number of nitrogens with one attached hydrogen (secondary N) is 1. The van der Waals surface area contributed by atoms with Crippen molar-refractivity contribution in [2.45, 2.75) is 58.0 Å². The van der Waals surface area contributed by atoms with Crippen molar-refractivity contribution in [1.82, 2.24) is 10.3 Å². The number of carbonyl (C=O) groups excluding carboxylic acids is 1. The molecule has 3 N–H and O–H groups in total. The van der Waals surface area contributed by atoms with Crippen LogP contribution in [0.3, 0.4) is 0 Å². The molecule has 1 aromatic rings. The Morgan fingerprint density at radius 3 is 3.00 bits per heavy atom. The fraction of sp³-hybridized carbons (Fsp3) is 0.714. The topological polar surface area (TPSA) is 68.0 Å². The Kier molecular flexibility index (Phi) is 5.34. The van der Waals surface area contributed by atoms with Gasteiger partial charge in [-0.15, -0.1) is 11.3 Å². The summed E-state index contributed by atoms with van der Waals surface area (Å²) in [5.41, 5.74) is 6.07. The Hall–Kier alpha value is -0.940. The maximum atomic E-state index is 11.9. The average Bonchev–Trinajstić information content (AvgIpc) is 2.87. The van der Waals surface area contributed by atoms with Crippen molar-refractivity contribution in [2.24, 2.45) is 11.7 Å². The molecule has 0 bridgehead atoms. The van der Waals surface area contributed by atoms with Crippen molar-refractivity contribution < 1.29 is 4.79 Å². The van der Waals surface area contributed by atoms with Gasteiger partial charge in [-0.1, -0.05) is 19.8 Å². The first kappa shape index (κ1) is 14.5. The second kappa shape index (κ2) is 7.01. The molecule has 0 saturated heterocycles. The fourth-order valence-electron chi connectivity index (χ4n) is 2.57. The van der Waals surface area contributed by atoms with Crippen LogP contribution < -0.4 is 11.1 Å². The van der Waals surface area contributed by atoms with Gasteiger partial charge in [-0.25, -0.2) is 4.98 Å². The SMILES string of the molecule is CCc1cnc(CNC(=O)CC2CCCCC2N)s1. The van der Waals surface area contributed by atoms with Gasteiger partial charge in [0.2, 0.25) is 5.91 Å². The lowest BCUT2D eigenvalue weighted by Gasteiger charge is -2.27. The third-order valence-electron chi connectivity index (χ3n) is 3.80.